The van der Waals surface area contributed by atoms with Crippen LogP contribution in [0, 0.1) is 5.82 Å². The van der Waals surface area contributed by atoms with E-state index >= 15 is 0 Å². The highest BCUT2D eigenvalue weighted by molar-refractivity contribution is 6.00. The van der Waals surface area contributed by atoms with E-state index in [0.717, 1.165) is 12.5 Å². The number of carbonyl (C=O) groups excluding carboxylic acids is 2. The Kier molecular flexibility index (Phi) is 3.04. The lowest BCUT2D eigenvalue weighted by molar-refractivity contribution is -0.123. The zero-order valence-corrected chi connectivity index (χ0v) is 9.70. The number of carbonyl (C=O) groups is 2. The highest BCUT2D eigenvalue weighted by Crippen LogP contribution is 2.30. The number of nitrogens with two attached hydrogens (primary N) is 2. The predicted octanol–water partition coefficient (Wildman–Crippen LogP) is 0.744. The number of hydrogen-bond acceptors (Lipinski definition) is 3. The van der Waals surface area contributed by atoms with Crippen LogP contribution < -0.4 is 16.8 Å². The molecule has 0 unspecified atom stereocenters. The minimum Gasteiger partial charge on any atom is -0.366 e. The largest absolute Gasteiger partial charge is 0.366 e. The first-order valence-electron chi connectivity index (χ1n) is 5.62. The minimum atomic E-state index is -0.880. The van der Waals surface area contributed by atoms with Crippen molar-refractivity contribution in [3.63, 3.8) is 0 Å². The van der Waals surface area contributed by atoms with Crippen molar-refractivity contribution in [2.45, 2.75) is 24.8 Å². The van der Waals surface area contributed by atoms with Crippen LogP contribution >= 0.6 is 0 Å². The first kappa shape index (κ1) is 12.5. The van der Waals surface area contributed by atoms with E-state index in [0.29, 0.717) is 18.5 Å². The number of anilines is 1. The Labute approximate surface area is 103 Å². The van der Waals surface area contributed by atoms with Gasteiger partial charge in [0.25, 0.3) is 5.91 Å². The van der Waals surface area contributed by atoms with Crippen molar-refractivity contribution < 1.29 is 14.0 Å². The van der Waals surface area contributed by atoms with E-state index in [1.807, 2.05) is 0 Å². The molecule has 0 aliphatic heterocycles. The number of amides is 2. The SMILES string of the molecule is NC(=O)c1cc(NC(=O)C2(N)CCC2)ccc1F. The summed E-state index contributed by atoms with van der Waals surface area (Å²) in [6, 6.07) is 3.65. The van der Waals surface area contributed by atoms with Gasteiger partial charge in [0.1, 0.15) is 5.82 Å². The van der Waals surface area contributed by atoms with E-state index in [1.54, 1.807) is 0 Å². The maximum Gasteiger partial charge on any atom is 0.251 e. The summed E-state index contributed by atoms with van der Waals surface area (Å²) in [7, 11) is 0. The van der Waals surface area contributed by atoms with Gasteiger partial charge in [-0.05, 0) is 37.5 Å². The predicted molar refractivity (Wildman–Crippen MR) is 64.3 cm³/mol. The molecular weight excluding hydrogens is 237 g/mol. The van der Waals surface area contributed by atoms with Crippen LogP contribution in [0.1, 0.15) is 29.6 Å². The second-order valence-electron chi connectivity index (χ2n) is 4.52. The molecule has 0 aromatic heterocycles. The molecule has 6 heteroatoms. The number of rotatable bonds is 3. The monoisotopic (exact) mass is 251 g/mol. The fourth-order valence-corrected chi connectivity index (χ4v) is 1.83. The van der Waals surface area contributed by atoms with Crippen molar-refractivity contribution in [3.05, 3.63) is 29.6 Å². The van der Waals surface area contributed by atoms with Gasteiger partial charge in [-0.2, -0.15) is 0 Å². The van der Waals surface area contributed by atoms with Crippen molar-refractivity contribution >= 4 is 17.5 Å². The first-order chi connectivity index (χ1) is 8.42. The van der Waals surface area contributed by atoms with Crippen molar-refractivity contribution in [2.24, 2.45) is 11.5 Å². The molecule has 96 valence electrons. The number of hydrogen-bond donors (Lipinski definition) is 3. The Morgan fingerprint density at radius 2 is 2.00 bits per heavy atom. The first-order valence-corrected chi connectivity index (χ1v) is 5.62. The van der Waals surface area contributed by atoms with Gasteiger partial charge in [0, 0.05) is 5.69 Å². The molecule has 0 bridgehead atoms. The van der Waals surface area contributed by atoms with E-state index in [9.17, 15) is 14.0 Å². The third-order valence-corrected chi connectivity index (χ3v) is 3.19. The Hall–Kier alpha value is -1.95. The second-order valence-corrected chi connectivity index (χ2v) is 4.52. The summed E-state index contributed by atoms with van der Waals surface area (Å²) in [5, 5.41) is 2.57. The minimum absolute atomic E-state index is 0.257. The number of halogens is 1. The van der Waals surface area contributed by atoms with E-state index in [4.69, 9.17) is 11.5 Å². The molecule has 2 amide bonds. The molecule has 1 fully saturated rings. The van der Waals surface area contributed by atoms with Crippen molar-refractivity contribution in [1.29, 1.82) is 0 Å². The normalized spacial score (nSPS) is 16.8. The second kappa shape index (κ2) is 4.38. The summed E-state index contributed by atoms with van der Waals surface area (Å²) < 4.78 is 13.2. The van der Waals surface area contributed by atoms with Crippen LogP contribution in [0.3, 0.4) is 0 Å². The average molecular weight is 251 g/mol. The van der Waals surface area contributed by atoms with Gasteiger partial charge in [0.05, 0.1) is 11.1 Å². The summed E-state index contributed by atoms with van der Waals surface area (Å²) in [6.07, 6.45) is 2.17. The van der Waals surface area contributed by atoms with E-state index in [-0.39, 0.29) is 11.5 Å². The lowest BCUT2D eigenvalue weighted by Crippen LogP contribution is -2.56. The van der Waals surface area contributed by atoms with Crippen molar-refractivity contribution in [1.82, 2.24) is 0 Å². The highest BCUT2D eigenvalue weighted by atomic mass is 19.1. The Balaban J connectivity index is 2.17. The molecule has 1 aromatic rings. The molecule has 0 spiro atoms. The third-order valence-electron chi connectivity index (χ3n) is 3.19. The van der Waals surface area contributed by atoms with Gasteiger partial charge in [-0.15, -0.1) is 0 Å². The molecule has 18 heavy (non-hydrogen) atoms. The van der Waals surface area contributed by atoms with Gasteiger partial charge < -0.3 is 16.8 Å². The summed E-state index contributed by atoms with van der Waals surface area (Å²) in [5.41, 5.74) is 10.1. The third kappa shape index (κ3) is 2.19. The molecule has 1 aromatic carbocycles. The summed E-state index contributed by atoms with van der Waals surface area (Å²) in [6.45, 7) is 0. The summed E-state index contributed by atoms with van der Waals surface area (Å²) in [4.78, 5) is 22.8. The molecule has 0 heterocycles. The van der Waals surface area contributed by atoms with Gasteiger partial charge in [0.2, 0.25) is 5.91 Å². The van der Waals surface area contributed by atoms with Crippen LogP contribution in [-0.4, -0.2) is 17.4 Å². The van der Waals surface area contributed by atoms with Crippen LogP contribution in [0.2, 0.25) is 0 Å². The quantitative estimate of drug-likeness (QED) is 0.739. The molecular formula is C12H14FN3O2. The molecule has 2 rings (SSSR count). The lowest BCUT2D eigenvalue weighted by atomic mass is 9.77. The van der Waals surface area contributed by atoms with Gasteiger partial charge >= 0.3 is 0 Å². The smallest absolute Gasteiger partial charge is 0.251 e. The Morgan fingerprint density at radius 1 is 1.33 bits per heavy atom. The van der Waals surface area contributed by atoms with Crippen LogP contribution in [-0.2, 0) is 4.79 Å². The Morgan fingerprint density at radius 3 is 2.50 bits per heavy atom. The van der Waals surface area contributed by atoms with E-state index in [2.05, 4.69) is 5.32 Å². The zero-order valence-electron chi connectivity index (χ0n) is 9.70. The molecule has 0 saturated heterocycles. The maximum absolute atomic E-state index is 13.2. The molecule has 0 radical (unpaired) electrons. The van der Waals surface area contributed by atoms with E-state index < -0.39 is 17.3 Å². The van der Waals surface area contributed by atoms with Gasteiger partial charge in [-0.3, -0.25) is 9.59 Å². The van der Waals surface area contributed by atoms with Crippen LogP contribution in [0.25, 0.3) is 0 Å². The Bertz CT molecular complexity index is 512. The van der Waals surface area contributed by atoms with Crippen LogP contribution in [0.4, 0.5) is 10.1 Å². The maximum atomic E-state index is 13.2. The van der Waals surface area contributed by atoms with Crippen LogP contribution in [0.5, 0.6) is 0 Å². The van der Waals surface area contributed by atoms with Crippen molar-refractivity contribution in [3.8, 4) is 0 Å². The number of nitrogens with one attached hydrogen (secondary N) is 1. The topological polar surface area (TPSA) is 98.2 Å². The summed E-state index contributed by atoms with van der Waals surface area (Å²) >= 11 is 0. The highest BCUT2D eigenvalue weighted by Gasteiger charge is 2.40. The van der Waals surface area contributed by atoms with Crippen molar-refractivity contribution in [2.75, 3.05) is 5.32 Å². The van der Waals surface area contributed by atoms with Gasteiger partial charge in [-0.1, -0.05) is 0 Å². The molecule has 1 saturated carbocycles. The number of primary amides is 1. The van der Waals surface area contributed by atoms with E-state index in [1.165, 1.54) is 12.1 Å². The fraction of sp³-hybridized carbons (Fsp3) is 0.333. The van der Waals surface area contributed by atoms with Gasteiger partial charge in [-0.25, -0.2) is 4.39 Å². The number of benzene rings is 1. The average Bonchev–Trinajstić information content (AvgIpc) is 2.28. The molecule has 1 aliphatic carbocycles. The lowest BCUT2D eigenvalue weighted by Gasteiger charge is -2.36. The zero-order chi connectivity index (χ0) is 13.3. The summed E-state index contributed by atoms with van der Waals surface area (Å²) in [5.74, 6) is -1.92. The standard InChI is InChI=1S/C12H14FN3O2/c13-9-3-2-7(6-8(9)10(14)17)16-11(18)12(15)4-1-5-12/h2-3,6H,1,4-5,15H2,(H2,14,17)(H,16,18). The molecule has 5 N–H and O–H groups in total. The van der Waals surface area contributed by atoms with Gasteiger partial charge in [0.15, 0.2) is 0 Å². The van der Waals surface area contributed by atoms with Crippen LogP contribution in [0.15, 0.2) is 18.2 Å². The molecule has 5 nitrogen and oxygen atoms in total. The molecule has 1 aliphatic rings. The molecule has 0 atom stereocenters. The fourth-order valence-electron chi connectivity index (χ4n) is 1.83.